The van der Waals surface area contributed by atoms with Crippen LogP contribution in [0.25, 0.3) is 0 Å². The van der Waals surface area contributed by atoms with Crippen molar-refractivity contribution in [3.8, 4) is 0 Å². The van der Waals surface area contributed by atoms with E-state index in [2.05, 4.69) is 19.2 Å². The molecule has 0 saturated heterocycles. The lowest BCUT2D eigenvalue weighted by atomic mass is 10.1. The highest BCUT2D eigenvalue weighted by atomic mass is 16.5. The van der Waals surface area contributed by atoms with Gasteiger partial charge in [-0.25, -0.2) is 0 Å². The Hall–Kier alpha value is -1.10. The molecule has 5 nitrogen and oxygen atoms in total. The standard InChI is InChI=1S/C15H28N2O3/c1-11(2)9-16-15(19)12(3)17(10-14(18)20-4)13-7-5-6-8-13/h11-13H,5-10H2,1-4H3,(H,16,19). The van der Waals surface area contributed by atoms with E-state index in [1.165, 1.54) is 20.0 Å². The summed E-state index contributed by atoms with van der Waals surface area (Å²) in [5.41, 5.74) is 0. The minimum Gasteiger partial charge on any atom is -0.468 e. The van der Waals surface area contributed by atoms with Crippen LogP contribution in [0.1, 0.15) is 46.5 Å². The normalized spacial score (nSPS) is 17.5. The number of amides is 1. The largest absolute Gasteiger partial charge is 0.468 e. The van der Waals surface area contributed by atoms with Crippen molar-refractivity contribution < 1.29 is 14.3 Å². The molecule has 0 bridgehead atoms. The number of hydrogen-bond acceptors (Lipinski definition) is 4. The second-order valence-electron chi connectivity index (χ2n) is 6.00. The molecule has 0 spiro atoms. The maximum Gasteiger partial charge on any atom is 0.319 e. The van der Waals surface area contributed by atoms with Crippen LogP contribution in [0.2, 0.25) is 0 Å². The van der Waals surface area contributed by atoms with Crippen molar-refractivity contribution in [3.05, 3.63) is 0 Å². The molecule has 20 heavy (non-hydrogen) atoms. The van der Waals surface area contributed by atoms with Crippen LogP contribution in [0.5, 0.6) is 0 Å². The lowest BCUT2D eigenvalue weighted by Crippen LogP contribution is -2.51. The number of ether oxygens (including phenoxy) is 1. The van der Waals surface area contributed by atoms with Crippen molar-refractivity contribution in [2.45, 2.75) is 58.5 Å². The molecule has 1 fully saturated rings. The van der Waals surface area contributed by atoms with Crippen LogP contribution < -0.4 is 5.32 Å². The zero-order valence-corrected chi connectivity index (χ0v) is 13.1. The first kappa shape index (κ1) is 17.0. The molecular formula is C15H28N2O3. The van der Waals surface area contributed by atoms with Gasteiger partial charge >= 0.3 is 5.97 Å². The van der Waals surface area contributed by atoms with Crippen molar-refractivity contribution >= 4 is 11.9 Å². The van der Waals surface area contributed by atoms with Crippen molar-refractivity contribution in [1.82, 2.24) is 10.2 Å². The molecular weight excluding hydrogens is 256 g/mol. The van der Waals surface area contributed by atoms with Gasteiger partial charge in [-0.3, -0.25) is 14.5 Å². The molecule has 116 valence electrons. The second-order valence-corrected chi connectivity index (χ2v) is 6.00. The van der Waals surface area contributed by atoms with Gasteiger partial charge in [0.05, 0.1) is 19.7 Å². The minimum absolute atomic E-state index is 0.00509. The van der Waals surface area contributed by atoms with E-state index in [0.717, 1.165) is 12.8 Å². The van der Waals surface area contributed by atoms with Gasteiger partial charge in [0.2, 0.25) is 5.91 Å². The zero-order valence-electron chi connectivity index (χ0n) is 13.1. The van der Waals surface area contributed by atoms with E-state index in [0.29, 0.717) is 18.5 Å². The first-order chi connectivity index (χ1) is 9.45. The van der Waals surface area contributed by atoms with Crippen LogP contribution >= 0.6 is 0 Å². The van der Waals surface area contributed by atoms with E-state index in [1.807, 2.05) is 11.8 Å². The lowest BCUT2D eigenvalue weighted by Gasteiger charge is -2.32. The topological polar surface area (TPSA) is 58.6 Å². The first-order valence-electron chi connectivity index (χ1n) is 7.56. The highest BCUT2D eigenvalue weighted by Crippen LogP contribution is 2.25. The van der Waals surface area contributed by atoms with Crippen molar-refractivity contribution in [3.63, 3.8) is 0 Å². The average molecular weight is 284 g/mol. The third-order valence-electron chi connectivity index (χ3n) is 3.89. The summed E-state index contributed by atoms with van der Waals surface area (Å²) < 4.78 is 4.76. The number of esters is 1. The van der Waals surface area contributed by atoms with Crippen LogP contribution in [0.15, 0.2) is 0 Å². The van der Waals surface area contributed by atoms with Gasteiger partial charge < -0.3 is 10.1 Å². The van der Waals surface area contributed by atoms with Crippen LogP contribution in [-0.4, -0.2) is 49.1 Å². The maximum atomic E-state index is 12.2. The Labute approximate surface area is 122 Å². The van der Waals surface area contributed by atoms with Gasteiger partial charge in [0.25, 0.3) is 0 Å². The van der Waals surface area contributed by atoms with Gasteiger partial charge in [0, 0.05) is 12.6 Å². The van der Waals surface area contributed by atoms with Crippen molar-refractivity contribution in [2.24, 2.45) is 5.92 Å². The van der Waals surface area contributed by atoms with Gasteiger partial charge in [0.1, 0.15) is 0 Å². The zero-order chi connectivity index (χ0) is 15.1. The molecule has 0 aromatic rings. The first-order valence-corrected chi connectivity index (χ1v) is 7.56. The Balaban J connectivity index is 2.64. The number of hydrogen-bond donors (Lipinski definition) is 1. The van der Waals surface area contributed by atoms with Gasteiger partial charge in [0.15, 0.2) is 0 Å². The predicted octanol–water partition coefficient (Wildman–Crippen LogP) is 1.56. The summed E-state index contributed by atoms with van der Waals surface area (Å²) in [5.74, 6) is 0.140. The molecule has 1 amide bonds. The van der Waals surface area contributed by atoms with E-state index < -0.39 is 0 Å². The Morgan fingerprint density at radius 1 is 1.25 bits per heavy atom. The monoisotopic (exact) mass is 284 g/mol. The third kappa shape index (κ3) is 5.12. The molecule has 1 N–H and O–H groups in total. The summed E-state index contributed by atoms with van der Waals surface area (Å²) in [6.45, 7) is 6.86. The Morgan fingerprint density at radius 3 is 2.35 bits per heavy atom. The number of rotatable bonds is 7. The van der Waals surface area contributed by atoms with E-state index >= 15 is 0 Å². The molecule has 0 aliphatic heterocycles. The molecule has 5 heteroatoms. The van der Waals surface area contributed by atoms with E-state index in [4.69, 9.17) is 4.74 Å². The summed E-state index contributed by atoms with van der Waals surface area (Å²) in [6, 6.07) is 0.0184. The van der Waals surface area contributed by atoms with E-state index in [1.54, 1.807) is 0 Å². The minimum atomic E-state index is -0.295. The van der Waals surface area contributed by atoms with Gasteiger partial charge in [-0.15, -0.1) is 0 Å². The molecule has 0 radical (unpaired) electrons. The molecule has 1 rings (SSSR count). The van der Waals surface area contributed by atoms with Crippen LogP contribution in [0, 0.1) is 5.92 Å². The summed E-state index contributed by atoms with van der Waals surface area (Å²) >= 11 is 0. The Morgan fingerprint density at radius 2 is 1.85 bits per heavy atom. The predicted molar refractivity (Wildman–Crippen MR) is 78.3 cm³/mol. The molecule has 1 aliphatic carbocycles. The third-order valence-corrected chi connectivity index (χ3v) is 3.89. The van der Waals surface area contributed by atoms with Crippen LogP contribution in [0.4, 0.5) is 0 Å². The number of carbonyl (C=O) groups excluding carboxylic acids is 2. The van der Waals surface area contributed by atoms with Gasteiger partial charge in [-0.05, 0) is 25.7 Å². The maximum absolute atomic E-state index is 12.2. The molecule has 1 unspecified atom stereocenters. The Kier molecular flexibility index (Phi) is 6.99. The van der Waals surface area contributed by atoms with E-state index in [-0.39, 0.29) is 24.5 Å². The summed E-state index contributed by atoms with van der Waals surface area (Å²) in [4.78, 5) is 25.8. The van der Waals surface area contributed by atoms with Crippen molar-refractivity contribution in [2.75, 3.05) is 20.2 Å². The number of nitrogens with zero attached hydrogens (tertiary/aromatic N) is 1. The molecule has 1 aliphatic rings. The lowest BCUT2D eigenvalue weighted by molar-refractivity contribution is -0.144. The van der Waals surface area contributed by atoms with Crippen LogP contribution in [0.3, 0.4) is 0 Å². The smallest absolute Gasteiger partial charge is 0.319 e. The number of carbonyl (C=O) groups is 2. The highest BCUT2D eigenvalue weighted by Gasteiger charge is 2.31. The molecule has 0 heterocycles. The number of methoxy groups -OCH3 is 1. The second kappa shape index (κ2) is 8.25. The molecule has 0 aromatic carbocycles. The summed E-state index contributed by atoms with van der Waals surface area (Å²) in [5, 5.41) is 2.94. The highest BCUT2D eigenvalue weighted by molar-refractivity contribution is 5.82. The molecule has 1 saturated carbocycles. The fraction of sp³-hybridized carbons (Fsp3) is 0.867. The van der Waals surface area contributed by atoms with Crippen molar-refractivity contribution in [1.29, 1.82) is 0 Å². The Bertz CT molecular complexity index is 325. The van der Waals surface area contributed by atoms with Crippen LogP contribution in [-0.2, 0) is 14.3 Å². The number of nitrogens with one attached hydrogen (secondary N) is 1. The van der Waals surface area contributed by atoms with Gasteiger partial charge in [-0.2, -0.15) is 0 Å². The van der Waals surface area contributed by atoms with E-state index in [9.17, 15) is 9.59 Å². The summed E-state index contributed by atoms with van der Waals surface area (Å²) in [6.07, 6.45) is 4.45. The van der Waals surface area contributed by atoms with Gasteiger partial charge in [-0.1, -0.05) is 26.7 Å². The quantitative estimate of drug-likeness (QED) is 0.721. The fourth-order valence-corrected chi connectivity index (χ4v) is 2.63. The SMILES string of the molecule is COC(=O)CN(C1CCCC1)C(C)C(=O)NCC(C)C. The molecule has 1 atom stereocenters. The molecule has 0 aromatic heterocycles. The average Bonchev–Trinajstić information content (AvgIpc) is 2.94. The fourth-order valence-electron chi connectivity index (χ4n) is 2.63. The summed E-state index contributed by atoms with van der Waals surface area (Å²) in [7, 11) is 1.39.